The van der Waals surface area contributed by atoms with Gasteiger partial charge in [0.05, 0.1) is 21.6 Å². The molecule has 1 amide bonds. The first-order chi connectivity index (χ1) is 12.6. The van der Waals surface area contributed by atoms with E-state index in [1.54, 1.807) is 29.7 Å². The maximum absolute atomic E-state index is 12.4. The van der Waals surface area contributed by atoms with Crippen LogP contribution in [0, 0.1) is 10.1 Å². The van der Waals surface area contributed by atoms with Crippen molar-refractivity contribution < 1.29 is 14.5 Å². The summed E-state index contributed by atoms with van der Waals surface area (Å²) >= 11 is 1.30. The van der Waals surface area contributed by atoms with E-state index in [0.29, 0.717) is 27.6 Å². The monoisotopic (exact) mass is 364 g/mol. The fraction of sp³-hybridized carbons (Fsp3) is 0. The van der Waals surface area contributed by atoms with Gasteiger partial charge in [-0.2, -0.15) is 0 Å². The normalized spacial score (nSPS) is 11.7. The van der Waals surface area contributed by atoms with Crippen LogP contribution < -0.4 is 10.1 Å². The largest absolute Gasteiger partial charge is 0.456 e. The number of amides is 1. The highest BCUT2D eigenvalue weighted by atomic mass is 32.1. The summed E-state index contributed by atoms with van der Waals surface area (Å²) in [5.74, 6) is 0.596. The van der Waals surface area contributed by atoms with E-state index in [0.717, 1.165) is 5.56 Å². The van der Waals surface area contributed by atoms with Gasteiger partial charge in [-0.05, 0) is 23.6 Å². The van der Waals surface area contributed by atoms with Gasteiger partial charge in [-0.25, -0.2) is 0 Å². The maximum atomic E-state index is 12.4. The third kappa shape index (κ3) is 2.96. The Morgan fingerprint density at radius 1 is 1.08 bits per heavy atom. The number of nitro groups is 1. The molecule has 0 radical (unpaired) electrons. The van der Waals surface area contributed by atoms with Gasteiger partial charge >= 0.3 is 0 Å². The van der Waals surface area contributed by atoms with Gasteiger partial charge in [0.1, 0.15) is 11.5 Å². The molecule has 0 saturated heterocycles. The molecule has 0 spiro atoms. The number of non-ortho nitro benzene ring substituents is 1. The molecule has 1 aromatic heterocycles. The molecule has 0 aliphatic carbocycles. The number of carbonyl (C=O) groups excluding carboxylic acids is 1. The van der Waals surface area contributed by atoms with Crippen LogP contribution in [-0.4, -0.2) is 10.8 Å². The Hall–Kier alpha value is -3.45. The minimum atomic E-state index is -0.509. The number of thiophene rings is 1. The number of ether oxygens (including phenoxy) is 1. The predicted octanol–water partition coefficient (Wildman–Crippen LogP) is 5.18. The maximum Gasteiger partial charge on any atom is 0.275 e. The molecule has 1 aliphatic rings. The molecule has 0 bridgehead atoms. The number of fused-ring (bicyclic) bond motifs is 2. The molecule has 26 heavy (non-hydrogen) atoms. The summed E-state index contributed by atoms with van der Waals surface area (Å²) in [6.45, 7) is 0. The van der Waals surface area contributed by atoms with Crippen LogP contribution in [0.15, 0.2) is 53.9 Å². The standard InChI is InChI=1S/C19H12N2O4S/c22-19(18-6-3-9-26-18)20-15-10-13(21(23)24)11-17-14(15)8-7-12-4-1-2-5-16(12)25-17/h1-11H,(H,20,22). The number of hydrogen-bond acceptors (Lipinski definition) is 5. The van der Waals surface area contributed by atoms with Crippen molar-refractivity contribution in [3.8, 4) is 11.5 Å². The van der Waals surface area contributed by atoms with Crippen LogP contribution in [0.1, 0.15) is 20.8 Å². The van der Waals surface area contributed by atoms with Crippen molar-refractivity contribution in [1.82, 2.24) is 0 Å². The number of anilines is 1. The second-order valence-electron chi connectivity index (χ2n) is 5.57. The predicted molar refractivity (Wildman–Crippen MR) is 101 cm³/mol. The molecule has 0 fully saturated rings. The van der Waals surface area contributed by atoms with E-state index >= 15 is 0 Å². The molecular formula is C19H12N2O4S. The lowest BCUT2D eigenvalue weighted by Crippen LogP contribution is -2.11. The van der Waals surface area contributed by atoms with Gasteiger partial charge in [0, 0.05) is 17.2 Å². The Kier molecular flexibility index (Phi) is 3.98. The van der Waals surface area contributed by atoms with E-state index in [1.807, 2.05) is 24.3 Å². The van der Waals surface area contributed by atoms with Crippen LogP contribution in [-0.2, 0) is 0 Å². The van der Waals surface area contributed by atoms with Gasteiger partial charge in [0.25, 0.3) is 11.6 Å². The van der Waals surface area contributed by atoms with E-state index in [2.05, 4.69) is 5.32 Å². The highest BCUT2D eigenvalue weighted by molar-refractivity contribution is 7.12. The topological polar surface area (TPSA) is 81.5 Å². The van der Waals surface area contributed by atoms with Crippen LogP contribution in [0.5, 0.6) is 11.5 Å². The van der Waals surface area contributed by atoms with E-state index < -0.39 is 4.92 Å². The Morgan fingerprint density at radius 2 is 1.92 bits per heavy atom. The molecule has 0 unspecified atom stereocenters. The number of benzene rings is 2. The fourth-order valence-electron chi connectivity index (χ4n) is 2.67. The second kappa shape index (κ2) is 6.45. The molecule has 0 atom stereocenters. The molecule has 7 heteroatoms. The van der Waals surface area contributed by atoms with Gasteiger partial charge < -0.3 is 10.1 Å². The van der Waals surface area contributed by atoms with Gasteiger partial charge in [-0.15, -0.1) is 11.3 Å². The number of para-hydroxylation sites is 1. The van der Waals surface area contributed by atoms with Crippen LogP contribution in [0.2, 0.25) is 0 Å². The zero-order valence-electron chi connectivity index (χ0n) is 13.3. The van der Waals surface area contributed by atoms with Gasteiger partial charge in [0.15, 0.2) is 0 Å². The van der Waals surface area contributed by atoms with E-state index in [4.69, 9.17) is 4.74 Å². The molecule has 3 aromatic rings. The Labute approximate surface area is 152 Å². The van der Waals surface area contributed by atoms with Crippen LogP contribution >= 0.6 is 11.3 Å². The van der Waals surface area contributed by atoms with Gasteiger partial charge in [-0.1, -0.05) is 30.3 Å². The minimum Gasteiger partial charge on any atom is -0.456 e. The lowest BCUT2D eigenvalue weighted by Gasteiger charge is -2.13. The molecule has 1 N–H and O–H groups in total. The molecule has 6 nitrogen and oxygen atoms in total. The number of hydrogen-bond donors (Lipinski definition) is 1. The second-order valence-corrected chi connectivity index (χ2v) is 6.51. The van der Waals surface area contributed by atoms with Gasteiger partial charge in [-0.3, -0.25) is 14.9 Å². The van der Waals surface area contributed by atoms with Crippen molar-refractivity contribution in [3.05, 3.63) is 80.0 Å². The lowest BCUT2D eigenvalue weighted by molar-refractivity contribution is -0.384. The summed E-state index contributed by atoms with van der Waals surface area (Å²) in [7, 11) is 0. The first-order valence-corrected chi connectivity index (χ1v) is 8.62. The lowest BCUT2D eigenvalue weighted by atomic mass is 10.1. The molecule has 128 valence electrons. The summed E-state index contributed by atoms with van der Waals surface area (Å²) in [6, 6.07) is 13.6. The smallest absolute Gasteiger partial charge is 0.275 e. The van der Waals surface area contributed by atoms with Crippen molar-refractivity contribution in [2.75, 3.05) is 5.32 Å². The van der Waals surface area contributed by atoms with Crippen LogP contribution in [0.4, 0.5) is 11.4 Å². The number of rotatable bonds is 3. The summed E-state index contributed by atoms with van der Waals surface area (Å²) in [5.41, 5.74) is 1.60. The Balaban J connectivity index is 1.81. The average Bonchev–Trinajstić information content (AvgIpc) is 3.10. The first-order valence-electron chi connectivity index (χ1n) is 7.74. The fourth-order valence-corrected chi connectivity index (χ4v) is 3.29. The Bertz CT molecular complexity index is 1040. The zero-order chi connectivity index (χ0) is 18.1. The van der Waals surface area contributed by atoms with Crippen molar-refractivity contribution in [2.45, 2.75) is 0 Å². The Morgan fingerprint density at radius 3 is 2.69 bits per heavy atom. The van der Waals surface area contributed by atoms with Crippen molar-refractivity contribution >= 4 is 40.8 Å². The SMILES string of the molecule is O=C(Nc1cc([N+](=O)[O-])cc2c1C=Cc1ccccc1O2)c1cccs1. The summed E-state index contributed by atoms with van der Waals surface area (Å²) in [4.78, 5) is 23.7. The van der Waals surface area contributed by atoms with Crippen molar-refractivity contribution in [1.29, 1.82) is 0 Å². The first kappa shape index (κ1) is 16.0. The quantitative estimate of drug-likeness (QED) is 0.401. The van der Waals surface area contributed by atoms with E-state index in [9.17, 15) is 14.9 Å². The summed E-state index contributed by atoms with van der Waals surface area (Å²) in [6.07, 6.45) is 3.64. The zero-order valence-corrected chi connectivity index (χ0v) is 14.2. The highest BCUT2D eigenvalue weighted by Crippen LogP contribution is 2.40. The highest BCUT2D eigenvalue weighted by Gasteiger charge is 2.21. The van der Waals surface area contributed by atoms with Crippen LogP contribution in [0.3, 0.4) is 0 Å². The third-order valence-electron chi connectivity index (χ3n) is 3.90. The summed E-state index contributed by atoms with van der Waals surface area (Å²) in [5, 5.41) is 15.9. The van der Waals surface area contributed by atoms with Crippen LogP contribution in [0.25, 0.3) is 12.2 Å². The molecule has 2 heterocycles. The van der Waals surface area contributed by atoms with E-state index in [-0.39, 0.29) is 11.6 Å². The molecule has 1 aliphatic heterocycles. The van der Waals surface area contributed by atoms with Gasteiger partial charge in [0.2, 0.25) is 0 Å². The number of nitrogens with zero attached hydrogens (tertiary/aromatic N) is 1. The van der Waals surface area contributed by atoms with Crippen molar-refractivity contribution in [2.24, 2.45) is 0 Å². The molecule has 2 aromatic carbocycles. The minimum absolute atomic E-state index is 0.155. The van der Waals surface area contributed by atoms with E-state index in [1.165, 1.54) is 23.5 Å². The number of nitrogens with one attached hydrogen (secondary N) is 1. The number of nitro benzene ring substituents is 1. The molecule has 4 rings (SSSR count). The third-order valence-corrected chi connectivity index (χ3v) is 4.77. The average molecular weight is 364 g/mol. The molecular weight excluding hydrogens is 352 g/mol. The van der Waals surface area contributed by atoms with Crippen molar-refractivity contribution in [3.63, 3.8) is 0 Å². The summed E-state index contributed by atoms with van der Waals surface area (Å²) < 4.78 is 5.89. The number of carbonyl (C=O) groups is 1. The molecule has 0 saturated carbocycles.